The van der Waals surface area contributed by atoms with E-state index in [4.69, 9.17) is 0 Å². The van der Waals surface area contributed by atoms with Gasteiger partial charge in [-0.3, -0.25) is 9.59 Å². The van der Waals surface area contributed by atoms with Gasteiger partial charge in [0.05, 0.1) is 5.56 Å². The summed E-state index contributed by atoms with van der Waals surface area (Å²) in [6.45, 7) is 2.34. The van der Waals surface area contributed by atoms with Gasteiger partial charge in [0.15, 0.2) is 0 Å². The highest BCUT2D eigenvalue weighted by atomic mass is 32.2. The first kappa shape index (κ1) is 18.7. The fourth-order valence-corrected chi connectivity index (χ4v) is 5.69. The van der Waals surface area contributed by atoms with Crippen molar-refractivity contribution in [1.82, 2.24) is 9.21 Å². The Kier molecular flexibility index (Phi) is 4.71. The number of carbonyl (C=O) groups excluding carboxylic acids is 2. The fraction of sp³-hybridized carbons (Fsp3) is 0.333. The van der Waals surface area contributed by atoms with Gasteiger partial charge >= 0.3 is 0 Å². The van der Waals surface area contributed by atoms with Crippen LogP contribution in [0.1, 0.15) is 46.0 Å². The van der Waals surface area contributed by atoms with E-state index in [1.54, 1.807) is 13.0 Å². The summed E-state index contributed by atoms with van der Waals surface area (Å²) in [5, 5.41) is 0. The first-order chi connectivity index (χ1) is 13.4. The van der Waals surface area contributed by atoms with E-state index in [1.807, 2.05) is 35.2 Å². The molecule has 2 heterocycles. The predicted octanol–water partition coefficient (Wildman–Crippen LogP) is 2.70. The molecule has 0 unspecified atom stereocenters. The van der Waals surface area contributed by atoms with E-state index in [-0.39, 0.29) is 29.0 Å². The summed E-state index contributed by atoms with van der Waals surface area (Å²) in [4.78, 5) is 27.2. The second-order valence-electron chi connectivity index (χ2n) is 7.17. The molecule has 0 saturated carbocycles. The highest BCUT2D eigenvalue weighted by molar-refractivity contribution is 7.90. The van der Waals surface area contributed by atoms with Crippen LogP contribution in [0.2, 0.25) is 0 Å². The van der Waals surface area contributed by atoms with Crippen molar-refractivity contribution in [3.63, 3.8) is 0 Å². The van der Waals surface area contributed by atoms with Gasteiger partial charge in [0, 0.05) is 24.7 Å². The number of sulfonamides is 1. The van der Waals surface area contributed by atoms with Gasteiger partial charge in [-0.2, -0.15) is 0 Å². The Morgan fingerprint density at radius 2 is 1.89 bits per heavy atom. The van der Waals surface area contributed by atoms with Gasteiger partial charge in [-0.05, 0) is 49.9 Å². The lowest BCUT2D eigenvalue weighted by molar-refractivity contribution is 0.0735. The minimum atomic E-state index is -3.87. The number of likely N-dealkylation sites (tertiary alicyclic amines) is 1. The van der Waals surface area contributed by atoms with Gasteiger partial charge in [-0.15, -0.1) is 0 Å². The molecule has 0 bridgehead atoms. The molecule has 2 aromatic carbocycles. The third-order valence-corrected chi connectivity index (χ3v) is 7.39. The third kappa shape index (κ3) is 2.99. The fourth-order valence-electron chi connectivity index (χ4n) is 4.09. The average Bonchev–Trinajstić information content (AvgIpc) is 3.22. The maximum Gasteiger partial charge on any atom is 0.268 e. The largest absolute Gasteiger partial charge is 0.335 e. The van der Waals surface area contributed by atoms with Crippen LogP contribution in [0.4, 0.5) is 0 Å². The van der Waals surface area contributed by atoms with Crippen molar-refractivity contribution in [2.75, 3.05) is 13.1 Å². The lowest BCUT2D eigenvalue weighted by Crippen LogP contribution is -2.36. The number of hydrogen-bond acceptors (Lipinski definition) is 4. The van der Waals surface area contributed by atoms with Crippen LogP contribution < -0.4 is 0 Å². The molecule has 0 N–H and O–H groups in total. The Labute approximate surface area is 164 Å². The molecule has 0 aliphatic carbocycles. The zero-order valence-electron chi connectivity index (χ0n) is 15.7. The zero-order chi connectivity index (χ0) is 19.9. The molecule has 2 amide bonds. The summed E-state index contributed by atoms with van der Waals surface area (Å²) in [5.74, 6) is -0.710. The Morgan fingerprint density at radius 3 is 2.61 bits per heavy atom. The monoisotopic (exact) mass is 398 g/mol. The highest BCUT2D eigenvalue weighted by Gasteiger charge is 2.41. The van der Waals surface area contributed by atoms with Crippen molar-refractivity contribution >= 4 is 21.8 Å². The number of hydrogen-bond donors (Lipinski definition) is 0. The number of fused-ring (bicyclic) bond motifs is 1. The van der Waals surface area contributed by atoms with Crippen LogP contribution in [0.25, 0.3) is 0 Å². The first-order valence-corrected chi connectivity index (χ1v) is 10.9. The standard InChI is InChI=1S/C21H22N2O4S/c1-2-23-21(25)18-11-10-16(14-19(18)28(23,26)27)20(24)22-12-6-9-17(22)13-15-7-4-3-5-8-15/h3-5,7-8,10-11,14,17H,2,6,9,12-13H2,1H3/t17-/m1/s1. The molecular formula is C21H22N2O4S. The molecule has 0 aromatic heterocycles. The van der Waals surface area contributed by atoms with Crippen LogP contribution in [0.15, 0.2) is 53.4 Å². The van der Waals surface area contributed by atoms with E-state index < -0.39 is 15.9 Å². The second kappa shape index (κ2) is 7.05. The lowest BCUT2D eigenvalue weighted by atomic mass is 10.0. The van der Waals surface area contributed by atoms with Gasteiger partial charge in [-0.1, -0.05) is 30.3 Å². The van der Waals surface area contributed by atoms with Crippen molar-refractivity contribution in [1.29, 1.82) is 0 Å². The topological polar surface area (TPSA) is 74.8 Å². The van der Waals surface area contributed by atoms with E-state index in [2.05, 4.69) is 0 Å². The SMILES string of the molecule is CCN1C(=O)c2ccc(C(=O)N3CCC[C@@H]3Cc3ccccc3)cc2S1(=O)=O. The summed E-state index contributed by atoms with van der Waals surface area (Å²) in [6, 6.07) is 14.5. The molecule has 1 fully saturated rings. The number of amides is 2. The first-order valence-electron chi connectivity index (χ1n) is 9.49. The molecule has 1 atom stereocenters. The third-order valence-electron chi connectivity index (χ3n) is 5.49. The van der Waals surface area contributed by atoms with Crippen molar-refractivity contribution < 1.29 is 18.0 Å². The molecule has 0 radical (unpaired) electrons. The molecule has 28 heavy (non-hydrogen) atoms. The summed E-state index contributed by atoms with van der Waals surface area (Å²) in [7, 11) is -3.87. The highest BCUT2D eigenvalue weighted by Crippen LogP contribution is 2.32. The predicted molar refractivity (Wildman–Crippen MR) is 105 cm³/mol. The second-order valence-corrected chi connectivity index (χ2v) is 9.00. The maximum atomic E-state index is 13.1. The van der Waals surface area contributed by atoms with Crippen LogP contribution in [-0.2, 0) is 16.4 Å². The molecule has 2 aromatic rings. The maximum absolute atomic E-state index is 13.1. The number of rotatable bonds is 4. The van der Waals surface area contributed by atoms with Gasteiger partial charge in [-0.25, -0.2) is 12.7 Å². The number of carbonyl (C=O) groups is 2. The normalized spacial score (nSPS) is 20.5. The van der Waals surface area contributed by atoms with Crippen LogP contribution in [0.5, 0.6) is 0 Å². The van der Waals surface area contributed by atoms with Gasteiger partial charge in [0.2, 0.25) is 0 Å². The van der Waals surface area contributed by atoms with Crippen molar-refractivity contribution in [3.05, 3.63) is 65.2 Å². The van der Waals surface area contributed by atoms with Crippen molar-refractivity contribution in [3.8, 4) is 0 Å². The van der Waals surface area contributed by atoms with Crippen LogP contribution in [0.3, 0.4) is 0 Å². The summed E-state index contributed by atoms with van der Waals surface area (Å²) in [5.41, 5.74) is 1.63. The quantitative estimate of drug-likeness (QED) is 0.794. The van der Waals surface area contributed by atoms with E-state index in [0.29, 0.717) is 12.1 Å². The van der Waals surface area contributed by atoms with Gasteiger partial charge in [0.25, 0.3) is 21.8 Å². The van der Waals surface area contributed by atoms with E-state index >= 15 is 0 Å². The Balaban J connectivity index is 1.62. The minimum absolute atomic E-state index is 0.0657. The summed E-state index contributed by atoms with van der Waals surface area (Å²) < 4.78 is 26.1. The van der Waals surface area contributed by atoms with Crippen LogP contribution >= 0.6 is 0 Å². The number of benzene rings is 2. The zero-order valence-corrected chi connectivity index (χ0v) is 16.5. The van der Waals surface area contributed by atoms with Gasteiger partial charge < -0.3 is 4.90 Å². The Hall–Kier alpha value is -2.67. The summed E-state index contributed by atoms with van der Waals surface area (Å²) >= 11 is 0. The van der Waals surface area contributed by atoms with E-state index in [1.165, 1.54) is 17.7 Å². The van der Waals surface area contributed by atoms with E-state index in [9.17, 15) is 18.0 Å². The Morgan fingerprint density at radius 1 is 1.14 bits per heavy atom. The molecule has 0 spiro atoms. The molecule has 2 aliphatic heterocycles. The molecule has 7 heteroatoms. The van der Waals surface area contributed by atoms with E-state index in [0.717, 1.165) is 23.6 Å². The number of nitrogens with zero attached hydrogens (tertiary/aromatic N) is 2. The minimum Gasteiger partial charge on any atom is -0.335 e. The molecule has 6 nitrogen and oxygen atoms in total. The molecule has 1 saturated heterocycles. The average molecular weight is 398 g/mol. The Bertz CT molecular complexity index is 1030. The van der Waals surface area contributed by atoms with Crippen LogP contribution in [-0.4, -0.2) is 48.6 Å². The molecule has 2 aliphatic rings. The van der Waals surface area contributed by atoms with Gasteiger partial charge in [0.1, 0.15) is 4.90 Å². The van der Waals surface area contributed by atoms with Crippen molar-refractivity contribution in [2.45, 2.75) is 37.1 Å². The molecular weight excluding hydrogens is 376 g/mol. The summed E-state index contributed by atoms with van der Waals surface area (Å²) in [6.07, 6.45) is 2.62. The van der Waals surface area contributed by atoms with Crippen molar-refractivity contribution in [2.24, 2.45) is 0 Å². The lowest BCUT2D eigenvalue weighted by Gasteiger charge is -2.25. The molecule has 4 rings (SSSR count). The van der Waals surface area contributed by atoms with Crippen LogP contribution in [0, 0.1) is 0 Å². The smallest absolute Gasteiger partial charge is 0.268 e. The molecule has 146 valence electrons.